The average Bonchev–Trinajstić information content (AvgIpc) is 3.32. The first-order valence-electron chi connectivity index (χ1n) is 9.06. The number of halogens is 3. The molecule has 0 N–H and O–H groups in total. The molecule has 0 spiro atoms. The Morgan fingerprint density at radius 1 is 1.32 bits per heavy atom. The van der Waals surface area contributed by atoms with Crippen LogP contribution in [0, 0.1) is 0 Å². The third kappa shape index (κ3) is 3.21. The van der Waals surface area contributed by atoms with Crippen molar-refractivity contribution in [2.45, 2.75) is 38.4 Å². The molecule has 0 radical (unpaired) electrons. The van der Waals surface area contributed by atoms with E-state index in [9.17, 15) is 18.0 Å². The fraction of sp³-hybridized carbons (Fsp3) is 0.368. The van der Waals surface area contributed by atoms with Crippen molar-refractivity contribution in [1.29, 1.82) is 0 Å². The summed E-state index contributed by atoms with van der Waals surface area (Å²) in [5.41, 5.74) is 0.494. The number of alkyl halides is 3. The predicted molar refractivity (Wildman–Crippen MR) is 94.6 cm³/mol. The van der Waals surface area contributed by atoms with Gasteiger partial charge in [-0.05, 0) is 37.5 Å². The molecule has 1 fully saturated rings. The van der Waals surface area contributed by atoms with Crippen LogP contribution < -0.4 is 0 Å². The van der Waals surface area contributed by atoms with Crippen LogP contribution in [0.25, 0.3) is 5.65 Å². The van der Waals surface area contributed by atoms with Gasteiger partial charge in [-0.15, -0.1) is 0 Å². The highest BCUT2D eigenvalue weighted by molar-refractivity contribution is 5.94. The van der Waals surface area contributed by atoms with Crippen LogP contribution in [0.2, 0.25) is 0 Å². The Morgan fingerprint density at radius 2 is 2.14 bits per heavy atom. The number of nitrogens with zero attached hydrogens (tertiary/aromatic N) is 5. The van der Waals surface area contributed by atoms with Crippen molar-refractivity contribution in [2.24, 2.45) is 0 Å². The molecule has 28 heavy (non-hydrogen) atoms. The molecule has 0 aromatic carbocycles. The highest BCUT2D eigenvalue weighted by Crippen LogP contribution is 2.35. The van der Waals surface area contributed by atoms with E-state index in [1.807, 2.05) is 0 Å². The predicted octanol–water partition coefficient (Wildman–Crippen LogP) is 3.68. The smallest absolute Gasteiger partial charge is 0.330 e. The minimum atomic E-state index is -4.55. The number of hydrogen-bond acceptors (Lipinski definition) is 4. The Kier molecular flexibility index (Phi) is 4.52. The molecule has 1 aliphatic heterocycles. The zero-order valence-electron chi connectivity index (χ0n) is 15.1. The number of aryl methyl sites for hydroxylation is 1. The fourth-order valence-corrected chi connectivity index (χ4v) is 3.56. The lowest BCUT2D eigenvalue weighted by molar-refractivity contribution is -0.142. The zero-order valence-corrected chi connectivity index (χ0v) is 15.1. The van der Waals surface area contributed by atoms with Crippen LogP contribution in [0.4, 0.5) is 13.2 Å². The Bertz CT molecular complexity index is 1020. The summed E-state index contributed by atoms with van der Waals surface area (Å²) in [5, 5.41) is 4.19. The number of hydrogen-bond donors (Lipinski definition) is 0. The summed E-state index contributed by atoms with van der Waals surface area (Å²) in [5.74, 6) is -0.203. The second kappa shape index (κ2) is 6.88. The van der Waals surface area contributed by atoms with Crippen molar-refractivity contribution < 1.29 is 18.0 Å². The van der Waals surface area contributed by atoms with Gasteiger partial charge in [0.15, 0.2) is 5.65 Å². The Labute approximate surface area is 159 Å². The lowest BCUT2D eigenvalue weighted by Gasteiger charge is -2.23. The molecule has 0 unspecified atom stereocenters. The molecule has 0 aliphatic carbocycles. The third-order valence-corrected chi connectivity index (χ3v) is 4.92. The van der Waals surface area contributed by atoms with Crippen molar-refractivity contribution in [2.75, 3.05) is 6.54 Å². The second-order valence-corrected chi connectivity index (χ2v) is 6.72. The van der Waals surface area contributed by atoms with E-state index in [0.717, 1.165) is 17.0 Å². The van der Waals surface area contributed by atoms with Crippen LogP contribution in [0.5, 0.6) is 0 Å². The SMILES string of the molecule is CCc1cc(C(F)(F)F)n2nc([C@@H]3CCCN3C(=O)c3cccnc3)cc2n1. The van der Waals surface area contributed by atoms with Gasteiger partial charge in [0, 0.05) is 30.7 Å². The summed E-state index contributed by atoms with van der Waals surface area (Å²) in [6, 6.07) is 5.53. The van der Waals surface area contributed by atoms with Gasteiger partial charge < -0.3 is 4.90 Å². The van der Waals surface area contributed by atoms with Gasteiger partial charge in [-0.2, -0.15) is 18.3 Å². The van der Waals surface area contributed by atoms with Gasteiger partial charge in [0.05, 0.1) is 17.3 Å². The Hall–Kier alpha value is -2.97. The molecule has 6 nitrogen and oxygen atoms in total. The minimum absolute atomic E-state index is 0.141. The summed E-state index contributed by atoms with van der Waals surface area (Å²) in [4.78, 5) is 22.7. The largest absolute Gasteiger partial charge is 0.433 e. The monoisotopic (exact) mass is 389 g/mol. The molecule has 1 amide bonds. The van der Waals surface area contributed by atoms with Gasteiger partial charge in [0.1, 0.15) is 5.69 Å². The molecular weight excluding hydrogens is 371 g/mol. The summed E-state index contributed by atoms with van der Waals surface area (Å²) in [6.45, 7) is 2.27. The van der Waals surface area contributed by atoms with Gasteiger partial charge in [0.25, 0.3) is 5.91 Å². The number of aromatic nitrogens is 4. The second-order valence-electron chi connectivity index (χ2n) is 6.72. The lowest BCUT2D eigenvalue weighted by Crippen LogP contribution is -2.30. The van der Waals surface area contributed by atoms with E-state index in [1.165, 1.54) is 6.20 Å². The third-order valence-electron chi connectivity index (χ3n) is 4.92. The number of carbonyl (C=O) groups excluding carboxylic acids is 1. The van der Waals surface area contributed by atoms with Crippen LogP contribution >= 0.6 is 0 Å². The van der Waals surface area contributed by atoms with E-state index in [-0.39, 0.29) is 17.6 Å². The molecular formula is C19H18F3N5O. The van der Waals surface area contributed by atoms with E-state index in [4.69, 9.17) is 0 Å². The molecule has 3 aromatic rings. The van der Waals surface area contributed by atoms with Crippen LogP contribution in [0.1, 0.15) is 53.2 Å². The zero-order chi connectivity index (χ0) is 19.9. The minimum Gasteiger partial charge on any atom is -0.330 e. The van der Waals surface area contributed by atoms with Crippen molar-refractivity contribution in [3.63, 3.8) is 0 Å². The quantitative estimate of drug-likeness (QED) is 0.686. The number of likely N-dealkylation sites (tertiary alicyclic amines) is 1. The highest BCUT2D eigenvalue weighted by Gasteiger charge is 2.37. The molecule has 146 valence electrons. The van der Waals surface area contributed by atoms with Crippen molar-refractivity contribution in [3.05, 3.63) is 59.3 Å². The summed E-state index contributed by atoms with van der Waals surface area (Å²) < 4.78 is 41.3. The number of carbonyl (C=O) groups is 1. The van der Waals surface area contributed by atoms with Crippen LogP contribution in [-0.4, -0.2) is 36.9 Å². The number of pyridine rings is 1. The molecule has 9 heteroatoms. The van der Waals surface area contributed by atoms with E-state index in [0.29, 0.717) is 36.3 Å². The first-order chi connectivity index (χ1) is 13.4. The molecule has 3 aromatic heterocycles. The average molecular weight is 389 g/mol. The molecule has 4 rings (SSSR count). The maximum absolute atomic E-state index is 13.5. The Balaban J connectivity index is 1.75. The highest BCUT2D eigenvalue weighted by atomic mass is 19.4. The number of rotatable bonds is 3. The van der Waals surface area contributed by atoms with Gasteiger partial charge in [0.2, 0.25) is 0 Å². The van der Waals surface area contributed by atoms with Crippen LogP contribution in [0.3, 0.4) is 0 Å². The molecule has 1 atom stereocenters. The Morgan fingerprint density at radius 3 is 2.82 bits per heavy atom. The molecule has 0 saturated carbocycles. The van der Waals surface area contributed by atoms with Gasteiger partial charge in [-0.1, -0.05) is 6.92 Å². The van der Waals surface area contributed by atoms with Crippen molar-refractivity contribution in [3.8, 4) is 0 Å². The van der Waals surface area contributed by atoms with E-state index in [2.05, 4.69) is 15.1 Å². The van der Waals surface area contributed by atoms with Gasteiger partial charge in [-0.3, -0.25) is 9.78 Å². The number of fused-ring (bicyclic) bond motifs is 1. The lowest BCUT2D eigenvalue weighted by atomic mass is 10.1. The first kappa shape index (κ1) is 18.4. The molecule has 1 saturated heterocycles. The summed E-state index contributed by atoms with van der Waals surface area (Å²) in [7, 11) is 0. The fourth-order valence-electron chi connectivity index (χ4n) is 3.56. The maximum Gasteiger partial charge on any atom is 0.433 e. The van der Waals surface area contributed by atoms with E-state index >= 15 is 0 Å². The molecule has 4 heterocycles. The van der Waals surface area contributed by atoms with Gasteiger partial charge >= 0.3 is 6.18 Å². The van der Waals surface area contributed by atoms with Crippen molar-refractivity contribution >= 4 is 11.6 Å². The van der Waals surface area contributed by atoms with Crippen LogP contribution in [0.15, 0.2) is 36.7 Å². The van der Waals surface area contributed by atoms with Crippen molar-refractivity contribution in [1.82, 2.24) is 24.5 Å². The summed E-state index contributed by atoms with van der Waals surface area (Å²) >= 11 is 0. The van der Waals surface area contributed by atoms with Crippen LogP contribution in [-0.2, 0) is 12.6 Å². The standard InChI is InChI=1S/C19H18F3N5O/c1-2-13-9-16(19(20,21)22)27-17(24-13)10-14(25-27)15-6-4-8-26(15)18(28)12-5-3-7-23-11-12/h3,5,7,9-11,15H,2,4,6,8H2,1H3/t15-/m0/s1. The maximum atomic E-state index is 13.5. The first-order valence-corrected chi connectivity index (χ1v) is 9.06. The number of amides is 1. The summed E-state index contributed by atoms with van der Waals surface area (Å²) in [6.07, 6.45) is 0.292. The van der Waals surface area contributed by atoms with E-state index in [1.54, 1.807) is 36.2 Å². The molecule has 1 aliphatic rings. The topological polar surface area (TPSA) is 63.4 Å². The molecule has 0 bridgehead atoms. The van der Waals surface area contributed by atoms with Gasteiger partial charge in [-0.25, -0.2) is 9.50 Å². The normalized spacial score (nSPS) is 17.4. The van der Waals surface area contributed by atoms with E-state index < -0.39 is 11.9 Å².